The van der Waals surface area contributed by atoms with Gasteiger partial charge in [-0.2, -0.15) is 0 Å². The van der Waals surface area contributed by atoms with E-state index in [1.54, 1.807) is 6.92 Å². The highest BCUT2D eigenvalue weighted by Gasteiger charge is 2.44. The topological polar surface area (TPSA) is 208 Å². The van der Waals surface area contributed by atoms with Gasteiger partial charge in [0.15, 0.2) is 5.37 Å². The molecule has 17 nitrogen and oxygen atoms in total. The van der Waals surface area contributed by atoms with Crippen molar-refractivity contribution < 1.29 is 42.5 Å². The van der Waals surface area contributed by atoms with E-state index in [4.69, 9.17) is 8.92 Å². The van der Waals surface area contributed by atoms with E-state index in [1.807, 2.05) is 253 Å². The van der Waals surface area contributed by atoms with Crippen LogP contribution in [-0.4, -0.2) is 87.2 Å². The van der Waals surface area contributed by atoms with Crippen molar-refractivity contribution in [2.45, 2.75) is 214 Å². The molecule has 4 aromatic rings. The number of rotatable bonds is 9. The van der Waals surface area contributed by atoms with E-state index in [9.17, 15) is 33.6 Å². The summed E-state index contributed by atoms with van der Waals surface area (Å²) in [6.45, 7) is 38.5. The highest BCUT2D eigenvalue weighted by Crippen LogP contribution is 2.40. The summed E-state index contributed by atoms with van der Waals surface area (Å²) in [5.41, 5.74) is 5.47. The molecule has 0 bridgehead atoms. The highest BCUT2D eigenvalue weighted by molar-refractivity contribution is 7.95. The second-order valence-corrected chi connectivity index (χ2v) is 19.2. The van der Waals surface area contributed by atoms with Gasteiger partial charge in [0.1, 0.15) is 12.1 Å². The normalized spacial score (nSPS) is 16.4. The number of urea groups is 4. The van der Waals surface area contributed by atoms with Crippen LogP contribution < -0.4 is 26.6 Å². The SMILES string of the molecule is C.C.C.CC.CC.CC.CC.CC(C)NC(=O)C(C)c1ccccc1.CC(C)NC(=O)N1C(=O)OC(C)C1c1ccccc1.CC(C)NC(=O)N1C(=O)OSC1c1ccccc1.CC1=C(C)C(c2ccccc2)N(C(=O)NC(C)C)C(=O)N1. The Kier molecular flexibility index (Phi) is 43.8. The minimum atomic E-state index is -0.632. The van der Waals surface area contributed by atoms with Crippen LogP contribution in [0.15, 0.2) is 133 Å². The van der Waals surface area contributed by atoms with E-state index < -0.39 is 35.7 Å². The molecule has 3 aliphatic heterocycles. The number of nitrogens with zero attached hydrogens (tertiary/aromatic N) is 3. The number of nitrogens with one attached hydrogen (secondary N) is 5. The summed E-state index contributed by atoms with van der Waals surface area (Å²) in [6, 6.07) is 35.8. The van der Waals surface area contributed by atoms with Gasteiger partial charge in [-0.15, -0.1) is 0 Å². The summed E-state index contributed by atoms with van der Waals surface area (Å²) in [7, 11) is 0. The molecule has 4 aromatic carbocycles. The molecule has 11 amide bonds. The van der Waals surface area contributed by atoms with Crippen molar-refractivity contribution in [3.63, 3.8) is 0 Å². The van der Waals surface area contributed by atoms with Crippen molar-refractivity contribution in [1.29, 1.82) is 0 Å². The third kappa shape index (κ3) is 26.6. The molecule has 5 unspecified atom stereocenters. The minimum Gasteiger partial charge on any atom is -0.443 e. The zero-order chi connectivity index (χ0) is 61.2. The van der Waals surface area contributed by atoms with Crippen molar-refractivity contribution in [1.82, 2.24) is 41.3 Å². The van der Waals surface area contributed by atoms with Crippen LogP contribution in [0.1, 0.15) is 206 Å². The number of cyclic esters (lactones) is 1. The van der Waals surface area contributed by atoms with E-state index in [0.29, 0.717) is 0 Å². The predicted molar refractivity (Wildman–Crippen MR) is 345 cm³/mol. The van der Waals surface area contributed by atoms with Crippen LogP contribution in [-0.2, 0) is 13.7 Å². The number of carbonyl (C=O) groups excluding carboxylic acids is 7. The zero-order valence-corrected chi connectivity index (χ0v) is 52.0. The fraction of sp³-hybridized carbons (Fsp3) is 0.492. The third-order valence-electron chi connectivity index (χ3n) is 11.0. The van der Waals surface area contributed by atoms with Crippen LogP contribution in [0.2, 0.25) is 0 Å². The standard InChI is InChI=1S/C16H21N3O2.C14H18N2O3.C12H14N2O3S.C12H17NO.4C2H6.3CH4/c1-10(2)17-15(20)19-14(13-8-6-5-7-9-13)11(3)12(4)18-16(19)21;1-9(2)15-13(17)16-12(10(3)19-14(16)18)11-7-5-4-6-8-11;1-8(2)13-11(15)14-10(18-17-12(14)16)9-6-4-3-5-7-9;1-9(2)13-12(14)10(3)11-7-5-4-6-8-11;4*1-2;;;/h5-10,14H,1-4H3,(H,17,20)(H,18,21);4-10,12H,1-3H3,(H,15,17);3-8,10H,1-2H3,(H,13,15);4-10H,1-3H3,(H,13,14);4*1-2H3;3*1H4. The Morgan fingerprint density at radius 3 is 1.27 bits per heavy atom. The number of benzene rings is 4. The maximum Gasteiger partial charge on any atom is 0.431 e. The zero-order valence-electron chi connectivity index (χ0n) is 51.2. The van der Waals surface area contributed by atoms with Crippen LogP contribution in [0.4, 0.5) is 28.8 Å². The molecule has 5 N–H and O–H groups in total. The molecule has 0 saturated carbocycles. The largest absolute Gasteiger partial charge is 0.443 e. The van der Waals surface area contributed by atoms with E-state index >= 15 is 0 Å². The van der Waals surface area contributed by atoms with Crippen LogP contribution in [0, 0.1) is 0 Å². The van der Waals surface area contributed by atoms with Gasteiger partial charge in [0, 0.05) is 29.9 Å². The molecule has 2 fully saturated rings. The lowest BCUT2D eigenvalue weighted by molar-refractivity contribution is -0.122. The number of imide groups is 3. The number of ether oxygens (including phenoxy) is 1. The van der Waals surface area contributed by atoms with Crippen LogP contribution >= 0.6 is 12.0 Å². The monoisotopic (exact) mass is 1170 g/mol. The fourth-order valence-electron chi connectivity index (χ4n) is 7.49. The number of hydrogen-bond donors (Lipinski definition) is 5. The van der Waals surface area contributed by atoms with Crippen LogP contribution in [0.25, 0.3) is 0 Å². The molecule has 3 aliphatic rings. The molecule has 5 atom stereocenters. The number of hydrogen-bond acceptors (Lipinski definition) is 10. The second kappa shape index (κ2) is 44.3. The summed E-state index contributed by atoms with van der Waals surface area (Å²) in [5, 5.41) is 13.4. The molecule has 7 rings (SSSR count). The second-order valence-electron chi connectivity index (χ2n) is 18.4. The van der Waals surface area contributed by atoms with Crippen molar-refractivity contribution >= 4 is 54.3 Å². The number of allylic oxidation sites excluding steroid dienone is 1. The first kappa shape index (κ1) is 82.1. The minimum absolute atomic E-state index is 0. The van der Waals surface area contributed by atoms with Gasteiger partial charge >= 0.3 is 36.3 Å². The van der Waals surface area contributed by atoms with Gasteiger partial charge in [0.05, 0.1) is 24.0 Å². The Hall–Kier alpha value is -7.34. The first-order valence-corrected chi connectivity index (χ1v) is 28.8. The average molecular weight is 1180 g/mol. The molecule has 2 saturated heterocycles. The van der Waals surface area contributed by atoms with E-state index in [0.717, 1.165) is 55.4 Å². The fourth-order valence-corrected chi connectivity index (χ4v) is 8.28. The quantitative estimate of drug-likeness (QED) is 0.100. The van der Waals surface area contributed by atoms with Gasteiger partial charge in [0.25, 0.3) is 0 Å². The maximum absolute atomic E-state index is 12.4. The van der Waals surface area contributed by atoms with Gasteiger partial charge in [-0.1, -0.05) is 199 Å². The summed E-state index contributed by atoms with van der Waals surface area (Å²) >= 11 is 0.983. The number of amides is 11. The lowest BCUT2D eigenvalue weighted by Crippen LogP contribution is -2.54. The van der Waals surface area contributed by atoms with Crippen molar-refractivity contribution in [2.75, 3.05) is 0 Å². The molecule has 0 aromatic heterocycles. The predicted octanol–water partition coefficient (Wildman–Crippen LogP) is 17.1. The van der Waals surface area contributed by atoms with E-state index in [2.05, 4.69) is 26.6 Å². The molecule has 466 valence electrons. The third-order valence-corrected chi connectivity index (χ3v) is 11.9. The first-order chi connectivity index (χ1) is 38.1. The molecule has 83 heavy (non-hydrogen) atoms. The maximum atomic E-state index is 12.4. The van der Waals surface area contributed by atoms with Crippen LogP contribution in [0.3, 0.4) is 0 Å². The van der Waals surface area contributed by atoms with Gasteiger partial charge in [-0.25, -0.2) is 43.5 Å². The van der Waals surface area contributed by atoms with Gasteiger partial charge in [-0.05, 0) is 111 Å². The van der Waals surface area contributed by atoms with Gasteiger partial charge in [-0.3, -0.25) is 4.79 Å². The summed E-state index contributed by atoms with van der Waals surface area (Å²) in [4.78, 5) is 87.3. The van der Waals surface area contributed by atoms with Crippen molar-refractivity contribution in [3.05, 3.63) is 155 Å². The summed E-state index contributed by atoms with van der Waals surface area (Å²) in [5.74, 6) is 0.0183. The smallest absolute Gasteiger partial charge is 0.431 e. The number of carbonyl (C=O) groups is 7. The van der Waals surface area contributed by atoms with Gasteiger partial charge < -0.3 is 35.5 Å². The Labute approximate surface area is 505 Å². The molecule has 3 heterocycles. The average Bonchev–Trinajstić information content (AvgIpc) is 4.25. The Bertz CT molecular complexity index is 2480. The Morgan fingerprint density at radius 1 is 0.494 bits per heavy atom. The summed E-state index contributed by atoms with van der Waals surface area (Å²) < 4.78 is 10.0. The molecule has 18 heteroatoms. The van der Waals surface area contributed by atoms with E-state index in [1.165, 1.54) is 4.90 Å². The van der Waals surface area contributed by atoms with Gasteiger partial charge in [0.2, 0.25) is 5.91 Å². The molecule has 0 radical (unpaired) electrons. The lowest BCUT2D eigenvalue weighted by atomic mass is 9.95. The van der Waals surface area contributed by atoms with E-state index in [-0.39, 0.29) is 82.5 Å². The molecular weight excluding hydrogens is 1070 g/mol. The highest BCUT2D eigenvalue weighted by atomic mass is 32.2. The summed E-state index contributed by atoms with van der Waals surface area (Å²) in [6.07, 6.45) is -1.58. The Morgan fingerprint density at radius 2 is 0.855 bits per heavy atom. The first-order valence-electron chi connectivity index (χ1n) is 28.0. The molecular formula is C65H106N8O9S. The Balaban J connectivity index is -0.000000479. The molecule has 0 spiro atoms. The van der Waals surface area contributed by atoms with Crippen molar-refractivity contribution in [2.24, 2.45) is 0 Å². The lowest BCUT2D eigenvalue weighted by Gasteiger charge is -2.36. The molecule has 0 aliphatic carbocycles. The van der Waals surface area contributed by atoms with Crippen LogP contribution in [0.5, 0.6) is 0 Å². The van der Waals surface area contributed by atoms with Crippen molar-refractivity contribution in [3.8, 4) is 0 Å².